The van der Waals surface area contributed by atoms with Gasteiger partial charge in [-0.3, -0.25) is 4.79 Å². The number of nitrogens with one attached hydrogen (secondary N) is 1. The Balaban J connectivity index is 1.71. The molecule has 1 amide bonds. The molecule has 0 bridgehead atoms. The molecule has 0 atom stereocenters. The van der Waals surface area contributed by atoms with Crippen LogP contribution in [0.4, 0.5) is 0 Å². The monoisotopic (exact) mass is 299 g/mol. The predicted molar refractivity (Wildman–Crippen MR) is 86.0 cm³/mol. The van der Waals surface area contributed by atoms with E-state index in [1.165, 1.54) is 23.3 Å². The minimum Gasteiger partial charge on any atom is -0.504 e. The Hall–Kier alpha value is -2.49. The molecule has 0 aliphatic heterocycles. The van der Waals surface area contributed by atoms with Gasteiger partial charge in [0.05, 0.1) is 0 Å². The zero-order chi connectivity index (χ0) is 15.9. The van der Waals surface area contributed by atoms with Gasteiger partial charge in [0, 0.05) is 13.0 Å². The van der Waals surface area contributed by atoms with E-state index in [9.17, 15) is 15.0 Å². The third-order valence-electron chi connectivity index (χ3n) is 3.54. The zero-order valence-corrected chi connectivity index (χ0v) is 12.7. The molecule has 0 aromatic heterocycles. The van der Waals surface area contributed by atoms with E-state index in [1.807, 2.05) is 6.92 Å². The molecule has 0 unspecified atom stereocenters. The largest absolute Gasteiger partial charge is 0.504 e. The summed E-state index contributed by atoms with van der Waals surface area (Å²) in [5.41, 5.74) is 3.25. The topological polar surface area (TPSA) is 69.6 Å². The van der Waals surface area contributed by atoms with Crippen molar-refractivity contribution in [2.45, 2.75) is 26.2 Å². The first-order valence-corrected chi connectivity index (χ1v) is 7.37. The summed E-state index contributed by atoms with van der Waals surface area (Å²) >= 11 is 0. The lowest BCUT2D eigenvalue weighted by Gasteiger charge is -2.06. The Morgan fingerprint density at radius 2 is 1.64 bits per heavy atom. The maximum absolute atomic E-state index is 11.8. The summed E-state index contributed by atoms with van der Waals surface area (Å²) in [7, 11) is 0. The SMILES string of the molecule is Cc1ccc(CCNC(=O)CCc2ccc(O)c(O)c2)cc1. The summed E-state index contributed by atoms with van der Waals surface area (Å²) in [5.74, 6) is -0.316. The number of hydrogen-bond donors (Lipinski definition) is 3. The number of carbonyl (C=O) groups excluding carboxylic acids is 1. The molecule has 0 fully saturated rings. The van der Waals surface area contributed by atoms with Crippen LogP contribution in [0, 0.1) is 6.92 Å². The first-order chi connectivity index (χ1) is 10.5. The van der Waals surface area contributed by atoms with E-state index in [4.69, 9.17) is 0 Å². The van der Waals surface area contributed by atoms with E-state index in [2.05, 4.69) is 29.6 Å². The maximum atomic E-state index is 11.8. The number of amides is 1. The van der Waals surface area contributed by atoms with Gasteiger partial charge in [-0.15, -0.1) is 0 Å². The van der Waals surface area contributed by atoms with Crippen molar-refractivity contribution in [3.63, 3.8) is 0 Å². The summed E-state index contributed by atoms with van der Waals surface area (Å²) in [6.45, 7) is 2.66. The average molecular weight is 299 g/mol. The van der Waals surface area contributed by atoms with E-state index in [-0.39, 0.29) is 17.4 Å². The number of rotatable bonds is 6. The number of hydrogen-bond acceptors (Lipinski definition) is 3. The van der Waals surface area contributed by atoms with E-state index in [0.717, 1.165) is 12.0 Å². The van der Waals surface area contributed by atoms with Crippen molar-refractivity contribution < 1.29 is 15.0 Å². The van der Waals surface area contributed by atoms with Crippen LogP contribution in [0.3, 0.4) is 0 Å². The lowest BCUT2D eigenvalue weighted by molar-refractivity contribution is -0.121. The molecule has 0 saturated carbocycles. The molecule has 0 heterocycles. The number of phenols is 2. The number of carbonyl (C=O) groups is 1. The summed E-state index contributed by atoms with van der Waals surface area (Å²) in [6, 6.07) is 12.9. The van der Waals surface area contributed by atoms with Gasteiger partial charge in [-0.05, 0) is 43.0 Å². The lowest BCUT2D eigenvalue weighted by Crippen LogP contribution is -2.25. The molecule has 0 saturated heterocycles. The fourth-order valence-corrected chi connectivity index (χ4v) is 2.17. The second kappa shape index (κ2) is 7.50. The van der Waals surface area contributed by atoms with Crippen LogP contribution in [0.5, 0.6) is 11.5 Å². The molecule has 2 aromatic carbocycles. The van der Waals surface area contributed by atoms with Gasteiger partial charge in [-0.1, -0.05) is 35.9 Å². The summed E-state index contributed by atoms with van der Waals surface area (Å²) in [5, 5.41) is 21.5. The normalized spacial score (nSPS) is 10.4. The molecule has 116 valence electrons. The summed E-state index contributed by atoms with van der Waals surface area (Å²) in [4.78, 5) is 11.8. The average Bonchev–Trinajstić information content (AvgIpc) is 2.50. The van der Waals surface area contributed by atoms with Crippen LogP contribution in [0.25, 0.3) is 0 Å². The van der Waals surface area contributed by atoms with Gasteiger partial charge in [0.1, 0.15) is 0 Å². The molecule has 22 heavy (non-hydrogen) atoms. The lowest BCUT2D eigenvalue weighted by atomic mass is 10.1. The smallest absolute Gasteiger partial charge is 0.220 e. The van der Waals surface area contributed by atoms with Crippen LogP contribution in [-0.4, -0.2) is 22.7 Å². The second-order valence-electron chi connectivity index (χ2n) is 5.41. The summed E-state index contributed by atoms with van der Waals surface area (Å²) < 4.78 is 0. The Morgan fingerprint density at radius 3 is 2.32 bits per heavy atom. The first-order valence-electron chi connectivity index (χ1n) is 7.37. The minimum atomic E-state index is -0.155. The molecule has 4 heteroatoms. The molecular weight excluding hydrogens is 278 g/mol. The van der Waals surface area contributed by atoms with Crippen LogP contribution >= 0.6 is 0 Å². The molecule has 0 spiro atoms. The second-order valence-corrected chi connectivity index (χ2v) is 5.41. The highest BCUT2D eigenvalue weighted by Crippen LogP contribution is 2.25. The van der Waals surface area contributed by atoms with Crippen molar-refractivity contribution >= 4 is 5.91 Å². The highest BCUT2D eigenvalue weighted by molar-refractivity contribution is 5.76. The molecule has 4 nitrogen and oxygen atoms in total. The van der Waals surface area contributed by atoms with Gasteiger partial charge in [-0.25, -0.2) is 0 Å². The summed E-state index contributed by atoms with van der Waals surface area (Å²) in [6.07, 6.45) is 1.70. The van der Waals surface area contributed by atoms with Gasteiger partial charge >= 0.3 is 0 Å². The highest BCUT2D eigenvalue weighted by atomic mass is 16.3. The standard InChI is InChI=1S/C18H21NO3/c1-13-2-4-14(5-3-13)10-11-19-18(22)9-7-15-6-8-16(20)17(21)12-15/h2-6,8,12,20-21H,7,9-11H2,1H3,(H,19,22). The molecule has 2 rings (SSSR count). The predicted octanol–water partition coefficient (Wildman–Crippen LogP) is 2.70. The van der Waals surface area contributed by atoms with Gasteiger partial charge in [0.25, 0.3) is 0 Å². The van der Waals surface area contributed by atoms with Gasteiger partial charge in [0.2, 0.25) is 5.91 Å². The van der Waals surface area contributed by atoms with Crippen molar-refractivity contribution in [1.29, 1.82) is 0 Å². The van der Waals surface area contributed by atoms with E-state index in [0.29, 0.717) is 19.4 Å². The van der Waals surface area contributed by atoms with Crippen LogP contribution in [-0.2, 0) is 17.6 Å². The molecule has 2 aromatic rings. The Kier molecular flexibility index (Phi) is 5.42. The Morgan fingerprint density at radius 1 is 0.955 bits per heavy atom. The highest BCUT2D eigenvalue weighted by Gasteiger charge is 2.05. The van der Waals surface area contributed by atoms with Crippen LogP contribution in [0.15, 0.2) is 42.5 Å². The number of aryl methyl sites for hydroxylation is 2. The fraction of sp³-hybridized carbons (Fsp3) is 0.278. The molecule has 0 aliphatic rings. The number of benzene rings is 2. The van der Waals surface area contributed by atoms with Gasteiger partial charge in [-0.2, -0.15) is 0 Å². The van der Waals surface area contributed by atoms with Crippen LogP contribution in [0.2, 0.25) is 0 Å². The third-order valence-corrected chi connectivity index (χ3v) is 3.54. The number of phenolic OH excluding ortho intramolecular Hbond substituents is 2. The van der Waals surface area contributed by atoms with E-state index < -0.39 is 0 Å². The Labute approximate surface area is 130 Å². The third kappa shape index (κ3) is 4.81. The molecule has 0 radical (unpaired) electrons. The van der Waals surface area contributed by atoms with Gasteiger partial charge in [0.15, 0.2) is 11.5 Å². The first kappa shape index (κ1) is 15.9. The number of aromatic hydroxyl groups is 2. The van der Waals surface area contributed by atoms with Crippen LogP contribution < -0.4 is 5.32 Å². The van der Waals surface area contributed by atoms with Crippen molar-refractivity contribution in [1.82, 2.24) is 5.32 Å². The van der Waals surface area contributed by atoms with Crippen molar-refractivity contribution in [2.24, 2.45) is 0 Å². The zero-order valence-electron chi connectivity index (χ0n) is 12.7. The molecule has 3 N–H and O–H groups in total. The van der Waals surface area contributed by atoms with Crippen molar-refractivity contribution in [2.75, 3.05) is 6.54 Å². The Bertz CT molecular complexity index is 635. The van der Waals surface area contributed by atoms with Crippen LogP contribution in [0.1, 0.15) is 23.1 Å². The van der Waals surface area contributed by atoms with Crippen molar-refractivity contribution in [3.05, 3.63) is 59.2 Å². The quantitative estimate of drug-likeness (QED) is 0.718. The molecule has 0 aliphatic carbocycles. The van der Waals surface area contributed by atoms with E-state index in [1.54, 1.807) is 6.07 Å². The van der Waals surface area contributed by atoms with E-state index >= 15 is 0 Å². The fourth-order valence-electron chi connectivity index (χ4n) is 2.17. The molecular formula is C18H21NO3. The maximum Gasteiger partial charge on any atom is 0.220 e. The minimum absolute atomic E-state index is 0.0142. The van der Waals surface area contributed by atoms with Crippen molar-refractivity contribution in [3.8, 4) is 11.5 Å². The van der Waals surface area contributed by atoms with Gasteiger partial charge < -0.3 is 15.5 Å².